The van der Waals surface area contributed by atoms with Crippen LogP contribution >= 0.6 is 0 Å². The molecule has 1 aliphatic carbocycles. The number of allylic oxidation sites excluding steroid dienone is 4. The molecule has 0 saturated carbocycles. The predicted molar refractivity (Wildman–Crippen MR) is 110 cm³/mol. The molecule has 5 rings (SSSR count). The van der Waals surface area contributed by atoms with Gasteiger partial charge in [0.25, 0.3) is 5.84 Å². The molecule has 0 bridgehead atoms. The largest absolute Gasteiger partial charge is 0.489 e. The fraction of sp³-hybridized carbons (Fsp3) is 0.0435. The summed E-state index contributed by atoms with van der Waals surface area (Å²) in [6.07, 6.45) is 11.4. The zero-order valence-corrected chi connectivity index (χ0v) is 15.2. The lowest BCUT2D eigenvalue weighted by atomic mass is 10.0. The van der Waals surface area contributed by atoms with E-state index in [-0.39, 0.29) is 4.59 Å². The Balaban J connectivity index is 1.46. The number of hydrogen-bond donors (Lipinski definition) is 1. The number of aliphatic imine (C=N–C) groups is 2. The molecular formula is C23H19N4O+. The molecule has 2 aromatic rings. The Morgan fingerprint density at radius 3 is 2.68 bits per heavy atom. The summed E-state index contributed by atoms with van der Waals surface area (Å²) in [5.74, 6) is 8.27. The smallest absolute Gasteiger partial charge is 0.265 e. The molecular weight excluding hydrogens is 348 g/mol. The van der Waals surface area contributed by atoms with Crippen molar-refractivity contribution in [2.45, 2.75) is 6.61 Å². The molecule has 1 unspecified atom stereocenters. The highest BCUT2D eigenvalue weighted by Gasteiger charge is 2.44. The fourth-order valence-corrected chi connectivity index (χ4v) is 3.41. The van der Waals surface area contributed by atoms with Crippen molar-refractivity contribution in [3.05, 3.63) is 113 Å². The third-order valence-electron chi connectivity index (χ3n) is 4.96. The lowest BCUT2D eigenvalue weighted by Crippen LogP contribution is -2.53. The molecule has 0 fully saturated rings. The molecule has 1 atom stereocenters. The summed E-state index contributed by atoms with van der Waals surface area (Å²) in [7, 11) is 0. The Labute approximate surface area is 163 Å². The number of benzene rings is 2. The number of amidine groups is 1. The van der Waals surface area contributed by atoms with Gasteiger partial charge in [-0.1, -0.05) is 54.6 Å². The first-order valence-corrected chi connectivity index (χ1v) is 9.12. The van der Waals surface area contributed by atoms with Crippen molar-refractivity contribution < 1.29 is 9.33 Å². The van der Waals surface area contributed by atoms with Crippen LogP contribution in [0.5, 0.6) is 5.75 Å². The molecule has 5 heteroatoms. The van der Waals surface area contributed by atoms with Crippen molar-refractivity contribution in [2.24, 2.45) is 15.8 Å². The average Bonchev–Trinajstić information content (AvgIpc) is 2.99. The first kappa shape index (κ1) is 16.6. The van der Waals surface area contributed by atoms with Gasteiger partial charge >= 0.3 is 0 Å². The number of nitrogens with zero attached hydrogens (tertiary/aromatic N) is 3. The number of hydrogen-bond acceptors (Lipinski definition) is 4. The van der Waals surface area contributed by atoms with Crippen LogP contribution in [0, 0.1) is 0 Å². The molecule has 5 nitrogen and oxygen atoms in total. The summed E-state index contributed by atoms with van der Waals surface area (Å²) in [6.45, 7) is 0.512. The molecule has 2 heterocycles. The second kappa shape index (κ2) is 6.56. The monoisotopic (exact) mass is 367 g/mol. The molecule has 0 radical (unpaired) electrons. The molecule has 2 aromatic carbocycles. The second-order valence-electron chi connectivity index (χ2n) is 6.81. The van der Waals surface area contributed by atoms with Crippen molar-refractivity contribution in [2.75, 3.05) is 0 Å². The van der Waals surface area contributed by atoms with E-state index in [0.717, 1.165) is 39.7 Å². The summed E-state index contributed by atoms with van der Waals surface area (Å²) in [6, 6.07) is 18.0. The Morgan fingerprint density at radius 1 is 1.04 bits per heavy atom. The topological polar surface area (TPSA) is 60.0 Å². The standard InChI is InChI=1S/C23H19N4O/c24-27-13-12-25-15-21(27)22(18-8-4-9-18)26-23(27)19-10-5-11-20(14-19)28-16-17-6-2-1-3-7-17/h1-15H,16,24H2/q+1. The molecule has 2 N–H and O–H groups in total. The minimum absolute atomic E-state index is 0.00610. The second-order valence-corrected chi connectivity index (χ2v) is 6.81. The maximum absolute atomic E-state index is 6.74. The van der Waals surface area contributed by atoms with E-state index in [1.54, 1.807) is 12.4 Å². The minimum Gasteiger partial charge on any atom is -0.489 e. The van der Waals surface area contributed by atoms with Crippen LogP contribution in [-0.2, 0) is 6.61 Å². The van der Waals surface area contributed by atoms with Crippen LogP contribution in [0.3, 0.4) is 0 Å². The van der Waals surface area contributed by atoms with E-state index < -0.39 is 0 Å². The molecule has 0 amide bonds. The molecule has 28 heavy (non-hydrogen) atoms. The zero-order valence-electron chi connectivity index (χ0n) is 15.2. The summed E-state index contributed by atoms with van der Waals surface area (Å²) >= 11 is 0. The van der Waals surface area contributed by atoms with Crippen LogP contribution in [0.1, 0.15) is 11.1 Å². The normalized spacial score (nSPS) is 21.9. The highest BCUT2D eigenvalue weighted by atomic mass is 16.5. The van der Waals surface area contributed by atoms with Gasteiger partial charge in [-0.25, -0.2) is 0 Å². The zero-order chi connectivity index (χ0) is 19.0. The maximum Gasteiger partial charge on any atom is 0.265 e. The number of quaternary nitrogens is 1. The Bertz CT molecular complexity index is 1120. The lowest BCUT2D eigenvalue weighted by Gasteiger charge is -2.26. The molecule has 3 aliphatic rings. The first-order chi connectivity index (χ1) is 13.7. The minimum atomic E-state index is 0.00610. The molecule has 2 aliphatic heterocycles. The molecule has 0 aromatic heterocycles. The first-order valence-electron chi connectivity index (χ1n) is 9.12. The van der Waals surface area contributed by atoms with Gasteiger partial charge < -0.3 is 4.74 Å². The Kier molecular flexibility index (Phi) is 3.90. The van der Waals surface area contributed by atoms with Crippen LogP contribution in [-0.4, -0.2) is 16.6 Å². The summed E-state index contributed by atoms with van der Waals surface area (Å²) in [5, 5.41) is 0. The van der Waals surface area contributed by atoms with Crippen molar-refractivity contribution in [3.8, 4) is 5.75 Å². The third kappa shape index (κ3) is 2.74. The van der Waals surface area contributed by atoms with E-state index >= 15 is 0 Å². The summed E-state index contributed by atoms with van der Waals surface area (Å²) in [5.41, 5.74) is 4.84. The highest BCUT2D eigenvalue weighted by molar-refractivity contribution is 6.01. The van der Waals surface area contributed by atoms with Gasteiger partial charge in [-0.3, -0.25) is 4.99 Å². The van der Waals surface area contributed by atoms with Crippen molar-refractivity contribution in [3.63, 3.8) is 0 Å². The van der Waals surface area contributed by atoms with Crippen LogP contribution in [0.4, 0.5) is 0 Å². The van der Waals surface area contributed by atoms with Crippen LogP contribution < -0.4 is 10.6 Å². The average molecular weight is 367 g/mol. The quantitative estimate of drug-likeness (QED) is 0.642. The van der Waals surface area contributed by atoms with Gasteiger partial charge in [-0.2, -0.15) is 10.8 Å². The fourth-order valence-electron chi connectivity index (χ4n) is 3.41. The SMILES string of the molecule is N[N+]12C=CN=CC1=C(C1=CC=C1)N=C2c1cccc(OCc2ccccc2)c1. The highest BCUT2D eigenvalue weighted by Crippen LogP contribution is 2.36. The number of rotatable bonds is 5. The number of nitrogens with two attached hydrogens (primary N) is 1. The van der Waals surface area contributed by atoms with E-state index in [4.69, 9.17) is 15.6 Å². The van der Waals surface area contributed by atoms with Crippen LogP contribution in [0.2, 0.25) is 0 Å². The predicted octanol–water partition coefficient (Wildman–Crippen LogP) is 3.98. The van der Waals surface area contributed by atoms with E-state index in [9.17, 15) is 0 Å². The van der Waals surface area contributed by atoms with E-state index in [2.05, 4.69) is 4.99 Å². The van der Waals surface area contributed by atoms with Gasteiger partial charge in [0, 0.05) is 5.57 Å². The van der Waals surface area contributed by atoms with Gasteiger partial charge in [0.15, 0.2) is 0 Å². The van der Waals surface area contributed by atoms with Crippen LogP contribution in [0.25, 0.3) is 0 Å². The molecule has 0 spiro atoms. The summed E-state index contributed by atoms with van der Waals surface area (Å²) < 4.78 is 5.99. The van der Waals surface area contributed by atoms with Crippen LogP contribution in [0.15, 0.2) is 112 Å². The van der Waals surface area contributed by atoms with E-state index in [1.807, 2.05) is 79.0 Å². The maximum atomic E-state index is 6.74. The third-order valence-corrected chi connectivity index (χ3v) is 4.96. The lowest BCUT2D eigenvalue weighted by molar-refractivity contribution is -0.750. The molecule has 136 valence electrons. The van der Waals surface area contributed by atoms with Crippen molar-refractivity contribution >= 4 is 12.1 Å². The van der Waals surface area contributed by atoms with E-state index in [0.29, 0.717) is 6.61 Å². The van der Waals surface area contributed by atoms with E-state index in [1.165, 1.54) is 0 Å². The Morgan fingerprint density at radius 2 is 1.89 bits per heavy atom. The number of fused-ring (bicyclic) bond motifs is 1. The van der Waals surface area contributed by atoms with Gasteiger partial charge in [0.2, 0.25) is 5.70 Å². The van der Waals surface area contributed by atoms with Crippen molar-refractivity contribution in [1.29, 1.82) is 0 Å². The van der Waals surface area contributed by atoms with Gasteiger partial charge in [0.1, 0.15) is 24.3 Å². The van der Waals surface area contributed by atoms with Gasteiger partial charge in [0.05, 0.1) is 18.0 Å². The van der Waals surface area contributed by atoms with Gasteiger partial charge in [-0.15, -0.1) is 4.59 Å². The Hall–Kier alpha value is -3.54. The number of ether oxygens (including phenoxy) is 1. The molecule has 0 saturated heterocycles. The van der Waals surface area contributed by atoms with Crippen molar-refractivity contribution in [1.82, 2.24) is 0 Å². The summed E-state index contributed by atoms with van der Waals surface area (Å²) in [4.78, 5) is 9.14. The van der Waals surface area contributed by atoms with Gasteiger partial charge in [-0.05, 0) is 23.8 Å².